The second kappa shape index (κ2) is 8.99. The van der Waals surface area contributed by atoms with Crippen LogP contribution in [0.4, 0.5) is 4.39 Å². The van der Waals surface area contributed by atoms with Gasteiger partial charge < -0.3 is 9.47 Å². The third kappa shape index (κ3) is 4.56. The molecule has 2 heterocycles. The molecule has 1 N–H and O–H groups in total. The van der Waals surface area contributed by atoms with Crippen LogP contribution in [-0.2, 0) is 4.79 Å². The summed E-state index contributed by atoms with van der Waals surface area (Å²) in [6.07, 6.45) is 1.51. The van der Waals surface area contributed by atoms with Crippen LogP contribution in [0.2, 0.25) is 0 Å². The molecule has 0 spiro atoms. The molecule has 1 amide bonds. The van der Waals surface area contributed by atoms with Crippen LogP contribution in [0.25, 0.3) is 6.08 Å². The Morgan fingerprint density at radius 1 is 1.18 bits per heavy atom. The molecule has 8 nitrogen and oxygen atoms in total. The molecule has 0 aliphatic carbocycles. The molecule has 0 atom stereocenters. The van der Waals surface area contributed by atoms with E-state index in [1.165, 1.54) is 60.3 Å². The Labute approximate surface area is 193 Å². The molecule has 0 bridgehead atoms. The number of aliphatic imine (C=N–C) groups is 1. The number of rotatable bonds is 5. The zero-order valence-electron chi connectivity index (χ0n) is 18.0. The summed E-state index contributed by atoms with van der Waals surface area (Å²) in [4.78, 5) is 29.0. The van der Waals surface area contributed by atoms with E-state index in [2.05, 4.69) is 10.1 Å². The van der Waals surface area contributed by atoms with E-state index in [1.807, 2.05) is 13.8 Å². The first kappa shape index (κ1) is 22.4. The van der Waals surface area contributed by atoms with Gasteiger partial charge in [0, 0.05) is 5.92 Å². The van der Waals surface area contributed by atoms with Gasteiger partial charge in [0.15, 0.2) is 17.3 Å². The van der Waals surface area contributed by atoms with E-state index in [4.69, 9.17) is 14.9 Å². The molecule has 0 saturated heterocycles. The SMILES string of the molecule is COc1cc(/C=C2\C(=N)N3N=C(C(C)C)SC3=NC2=O)ccc1OC(=O)c1ccc(F)cc1. The fourth-order valence-corrected chi connectivity index (χ4v) is 3.90. The number of esters is 1. The van der Waals surface area contributed by atoms with Crippen molar-refractivity contribution in [3.63, 3.8) is 0 Å². The molecule has 2 aliphatic rings. The molecule has 0 radical (unpaired) electrons. The second-order valence-electron chi connectivity index (χ2n) is 7.42. The maximum Gasteiger partial charge on any atom is 0.343 e. The van der Waals surface area contributed by atoms with Crippen LogP contribution >= 0.6 is 11.8 Å². The second-order valence-corrected chi connectivity index (χ2v) is 8.41. The number of hydrogen-bond donors (Lipinski definition) is 1. The normalized spacial score (nSPS) is 16.6. The highest BCUT2D eigenvalue weighted by Gasteiger charge is 2.36. The molecule has 0 aromatic heterocycles. The van der Waals surface area contributed by atoms with E-state index in [0.29, 0.717) is 10.7 Å². The predicted octanol–water partition coefficient (Wildman–Crippen LogP) is 4.33. The van der Waals surface area contributed by atoms with Gasteiger partial charge in [0.25, 0.3) is 5.91 Å². The minimum Gasteiger partial charge on any atom is -0.493 e. The van der Waals surface area contributed by atoms with Crippen LogP contribution in [0.3, 0.4) is 0 Å². The van der Waals surface area contributed by atoms with E-state index in [1.54, 1.807) is 12.1 Å². The first-order chi connectivity index (χ1) is 15.8. The number of thioether (sulfide) groups is 1. The summed E-state index contributed by atoms with van der Waals surface area (Å²) >= 11 is 1.28. The topological polar surface area (TPSA) is 104 Å². The highest BCUT2D eigenvalue weighted by Crippen LogP contribution is 2.33. The molecule has 4 rings (SSSR count). The third-order valence-electron chi connectivity index (χ3n) is 4.75. The highest BCUT2D eigenvalue weighted by atomic mass is 32.2. The Morgan fingerprint density at radius 2 is 1.91 bits per heavy atom. The van der Waals surface area contributed by atoms with Crippen LogP contribution in [0.15, 0.2) is 58.1 Å². The number of carbonyl (C=O) groups excluding carboxylic acids is 2. The van der Waals surface area contributed by atoms with Crippen LogP contribution in [0.5, 0.6) is 11.5 Å². The summed E-state index contributed by atoms with van der Waals surface area (Å²) in [5, 5.41) is 15.3. The zero-order valence-corrected chi connectivity index (χ0v) is 18.8. The van der Waals surface area contributed by atoms with Crippen molar-refractivity contribution in [3.8, 4) is 11.5 Å². The lowest BCUT2D eigenvalue weighted by Gasteiger charge is -2.20. The number of fused-ring (bicyclic) bond motifs is 1. The van der Waals surface area contributed by atoms with Gasteiger partial charge in [-0.15, -0.1) is 0 Å². The fourth-order valence-electron chi connectivity index (χ4n) is 3.01. The summed E-state index contributed by atoms with van der Waals surface area (Å²) in [7, 11) is 1.41. The number of hydrazone groups is 1. The van der Waals surface area contributed by atoms with Crippen molar-refractivity contribution < 1.29 is 23.5 Å². The van der Waals surface area contributed by atoms with Crippen molar-refractivity contribution in [2.75, 3.05) is 7.11 Å². The minimum absolute atomic E-state index is 0.0704. The molecule has 2 aliphatic heterocycles. The number of hydrogen-bond acceptors (Lipinski definition) is 7. The van der Waals surface area contributed by atoms with Gasteiger partial charge in [-0.25, -0.2) is 9.18 Å². The summed E-state index contributed by atoms with van der Waals surface area (Å²) in [5.74, 6) is -1.19. The Morgan fingerprint density at radius 3 is 2.58 bits per heavy atom. The third-order valence-corrected chi connectivity index (χ3v) is 5.95. The molecular formula is C23H19FN4O4S. The molecule has 2 aromatic carbocycles. The number of methoxy groups -OCH3 is 1. The minimum atomic E-state index is -0.671. The van der Waals surface area contributed by atoms with Gasteiger partial charge in [-0.2, -0.15) is 15.1 Å². The van der Waals surface area contributed by atoms with Crippen molar-refractivity contribution in [2.45, 2.75) is 13.8 Å². The number of halogens is 1. The first-order valence-electron chi connectivity index (χ1n) is 9.92. The van der Waals surface area contributed by atoms with Gasteiger partial charge in [-0.05, 0) is 59.8 Å². The molecule has 0 fully saturated rings. The van der Waals surface area contributed by atoms with Gasteiger partial charge >= 0.3 is 5.97 Å². The standard InChI is InChI=1S/C23H19FN4O4S/c1-12(2)21-27-28-19(25)16(20(29)26-23(28)33-21)10-13-4-9-17(18(11-13)31-3)32-22(30)14-5-7-15(24)8-6-14/h4-12,25H,1-3H3/b16-10+,25-19?. The molecule has 168 valence electrons. The summed E-state index contributed by atoms with van der Waals surface area (Å²) in [6, 6.07) is 9.68. The molecule has 33 heavy (non-hydrogen) atoms. The number of amidine groups is 2. The molecule has 0 unspecified atom stereocenters. The van der Waals surface area contributed by atoms with Crippen molar-refractivity contribution >= 4 is 45.8 Å². The number of ether oxygens (including phenoxy) is 2. The van der Waals surface area contributed by atoms with Gasteiger partial charge in [-0.1, -0.05) is 19.9 Å². The highest BCUT2D eigenvalue weighted by molar-refractivity contribution is 8.27. The van der Waals surface area contributed by atoms with Crippen molar-refractivity contribution in [2.24, 2.45) is 16.0 Å². The quantitative estimate of drug-likeness (QED) is 0.400. The van der Waals surface area contributed by atoms with Gasteiger partial charge in [-0.3, -0.25) is 10.2 Å². The number of carbonyl (C=O) groups is 2. The van der Waals surface area contributed by atoms with Crippen molar-refractivity contribution in [1.82, 2.24) is 5.01 Å². The smallest absolute Gasteiger partial charge is 0.343 e. The first-order valence-corrected chi connectivity index (χ1v) is 10.7. The molecule has 10 heteroatoms. The summed E-state index contributed by atoms with van der Waals surface area (Å²) in [6.45, 7) is 3.95. The lowest BCUT2D eigenvalue weighted by Crippen LogP contribution is -2.35. The monoisotopic (exact) mass is 466 g/mol. The zero-order chi connectivity index (χ0) is 23.7. The summed E-state index contributed by atoms with van der Waals surface area (Å²) < 4.78 is 23.8. The van der Waals surface area contributed by atoms with E-state index >= 15 is 0 Å². The van der Waals surface area contributed by atoms with Crippen LogP contribution < -0.4 is 9.47 Å². The summed E-state index contributed by atoms with van der Waals surface area (Å²) in [5.41, 5.74) is 0.802. The van der Waals surface area contributed by atoms with Crippen molar-refractivity contribution in [3.05, 3.63) is 65.0 Å². The largest absolute Gasteiger partial charge is 0.493 e. The number of amides is 1. The Hall–Kier alpha value is -3.79. The Balaban J connectivity index is 1.59. The molecule has 0 saturated carbocycles. The lowest BCUT2D eigenvalue weighted by atomic mass is 10.1. The fraction of sp³-hybridized carbons (Fsp3) is 0.174. The maximum absolute atomic E-state index is 13.1. The number of benzene rings is 2. The van der Waals surface area contributed by atoms with E-state index in [9.17, 15) is 14.0 Å². The average Bonchev–Trinajstić information content (AvgIpc) is 3.22. The molecule has 2 aromatic rings. The van der Waals surface area contributed by atoms with Crippen LogP contribution in [0, 0.1) is 17.1 Å². The van der Waals surface area contributed by atoms with Crippen LogP contribution in [-0.4, -0.2) is 40.0 Å². The number of nitrogens with one attached hydrogen (secondary N) is 1. The van der Waals surface area contributed by atoms with E-state index < -0.39 is 17.7 Å². The Bertz CT molecular complexity index is 1250. The average molecular weight is 466 g/mol. The van der Waals surface area contributed by atoms with Crippen molar-refractivity contribution in [1.29, 1.82) is 5.41 Å². The Kier molecular flexibility index (Phi) is 6.10. The lowest BCUT2D eigenvalue weighted by molar-refractivity contribution is -0.114. The van der Waals surface area contributed by atoms with Crippen LogP contribution in [0.1, 0.15) is 29.8 Å². The van der Waals surface area contributed by atoms with Gasteiger partial charge in [0.05, 0.1) is 18.2 Å². The van der Waals surface area contributed by atoms with Gasteiger partial charge in [0.2, 0.25) is 5.17 Å². The maximum atomic E-state index is 13.1. The predicted molar refractivity (Wildman–Crippen MR) is 124 cm³/mol. The van der Waals surface area contributed by atoms with E-state index in [0.717, 1.165) is 5.04 Å². The van der Waals surface area contributed by atoms with E-state index in [-0.39, 0.29) is 34.4 Å². The molecular weight excluding hydrogens is 447 g/mol. The number of nitrogens with zero attached hydrogens (tertiary/aromatic N) is 3. The van der Waals surface area contributed by atoms with Gasteiger partial charge in [0.1, 0.15) is 10.9 Å².